The standard InChI is InChI=1S/C21H24N6O/c1-22-21(23-11-10-19-25-17-8-4-5-9-18(17)26-19)24-13-14-12-20(28)27-16-7-3-2-6-15(14)16/h2-9,14H,10-13H2,1H3,(H,25,26)(H,27,28)(H2,22,23,24). The van der Waals surface area contributed by atoms with Crippen LogP contribution in [-0.2, 0) is 11.2 Å². The zero-order valence-corrected chi connectivity index (χ0v) is 15.8. The molecule has 7 nitrogen and oxygen atoms in total. The number of amides is 1. The highest BCUT2D eigenvalue weighted by Gasteiger charge is 2.24. The molecular formula is C21H24N6O. The Labute approximate surface area is 163 Å². The van der Waals surface area contributed by atoms with E-state index in [0.717, 1.165) is 40.5 Å². The summed E-state index contributed by atoms with van der Waals surface area (Å²) in [6, 6.07) is 16.0. The number of aromatic nitrogens is 2. The molecule has 144 valence electrons. The zero-order valence-electron chi connectivity index (χ0n) is 15.8. The van der Waals surface area contributed by atoms with Crippen LogP contribution >= 0.6 is 0 Å². The van der Waals surface area contributed by atoms with E-state index in [-0.39, 0.29) is 11.8 Å². The summed E-state index contributed by atoms with van der Waals surface area (Å²) in [5, 5.41) is 9.59. The summed E-state index contributed by atoms with van der Waals surface area (Å²) in [5.74, 6) is 1.85. The number of anilines is 1. The van der Waals surface area contributed by atoms with Crippen LogP contribution in [0.4, 0.5) is 5.69 Å². The average Bonchev–Trinajstić information content (AvgIpc) is 3.13. The van der Waals surface area contributed by atoms with Gasteiger partial charge in [-0.2, -0.15) is 0 Å². The van der Waals surface area contributed by atoms with Gasteiger partial charge in [0.1, 0.15) is 5.82 Å². The van der Waals surface area contributed by atoms with Crippen LogP contribution in [-0.4, -0.2) is 42.0 Å². The van der Waals surface area contributed by atoms with Gasteiger partial charge in [0.05, 0.1) is 11.0 Å². The Morgan fingerprint density at radius 1 is 1.18 bits per heavy atom. The normalized spacial score (nSPS) is 16.5. The molecule has 7 heteroatoms. The number of guanidine groups is 1. The monoisotopic (exact) mass is 376 g/mol. The molecule has 28 heavy (non-hydrogen) atoms. The highest BCUT2D eigenvalue weighted by atomic mass is 16.1. The second kappa shape index (κ2) is 8.12. The van der Waals surface area contributed by atoms with Crippen molar-refractivity contribution in [1.29, 1.82) is 0 Å². The Morgan fingerprint density at radius 2 is 2.00 bits per heavy atom. The van der Waals surface area contributed by atoms with Crippen LogP contribution in [0.3, 0.4) is 0 Å². The summed E-state index contributed by atoms with van der Waals surface area (Å²) in [6.07, 6.45) is 1.24. The van der Waals surface area contributed by atoms with Gasteiger partial charge in [-0.1, -0.05) is 30.3 Å². The van der Waals surface area contributed by atoms with Gasteiger partial charge in [-0.3, -0.25) is 9.79 Å². The lowest BCUT2D eigenvalue weighted by atomic mass is 9.90. The lowest BCUT2D eigenvalue weighted by molar-refractivity contribution is -0.116. The van der Waals surface area contributed by atoms with Crippen molar-refractivity contribution in [3.8, 4) is 0 Å². The summed E-state index contributed by atoms with van der Waals surface area (Å²) in [7, 11) is 1.75. The predicted molar refractivity (Wildman–Crippen MR) is 112 cm³/mol. The second-order valence-corrected chi connectivity index (χ2v) is 6.87. The van der Waals surface area contributed by atoms with E-state index in [1.165, 1.54) is 0 Å². The van der Waals surface area contributed by atoms with Gasteiger partial charge in [0, 0.05) is 44.6 Å². The summed E-state index contributed by atoms with van der Waals surface area (Å²) in [6.45, 7) is 1.36. The maximum atomic E-state index is 12.0. The predicted octanol–water partition coefficient (Wildman–Crippen LogP) is 2.40. The van der Waals surface area contributed by atoms with E-state index in [0.29, 0.717) is 19.5 Å². The van der Waals surface area contributed by atoms with E-state index < -0.39 is 0 Å². The van der Waals surface area contributed by atoms with Gasteiger partial charge < -0.3 is 20.9 Å². The van der Waals surface area contributed by atoms with Gasteiger partial charge in [-0.05, 0) is 23.8 Å². The van der Waals surface area contributed by atoms with Crippen molar-refractivity contribution in [1.82, 2.24) is 20.6 Å². The number of nitrogens with zero attached hydrogens (tertiary/aromatic N) is 2. The number of fused-ring (bicyclic) bond motifs is 2. The van der Waals surface area contributed by atoms with Crippen molar-refractivity contribution >= 4 is 28.6 Å². The maximum absolute atomic E-state index is 12.0. The molecule has 0 fully saturated rings. The molecule has 1 aliphatic rings. The third kappa shape index (κ3) is 3.98. The van der Waals surface area contributed by atoms with Crippen LogP contribution in [0.25, 0.3) is 11.0 Å². The Morgan fingerprint density at radius 3 is 2.86 bits per heavy atom. The van der Waals surface area contributed by atoms with Crippen LogP contribution in [0.1, 0.15) is 23.7 Å². The number of carbonyl (C=O) groups is 1. The number of para-hydroxylation sites is 3. The van der Waals surface area contributed by atoms with Crippen molar-refractivity contribution in [2.75, 3.05) is 25.5 Å². The van der Waals surface area contributed by atoms with Crippen molar-refractivity contribution in [3.05, 3.63) is 59.9 Å². The van der Waals surface area contributed by atoms with E-state index in [2.05, 4.69) is 37.0 Å². The number of hydrogen-bond acceptors (Lipinski definition) is 3. The third-order valence-corrected chi connectivity index (χ3v) is 4.94. The first-order chi connectivity index (χ1) is 13.7. The molecule has 1 unspecified atom stereocenters. The van der Waals surface area contributed by atoms with Gasteiger partial charge in [-0.15, -0.1) is 0 Å². The molecule has 1 aromatic heterocycles. The zero-order chi connectivity index (χ0) is 19.3. The van der Waals surface area contributed by atoms with Gasteiger partial charge in [0.2, 0.25) is 5.91 Å². The molecule has 4 rings (SSSR count). The molecule has 2 aromatic carbocycles. The summed E-state index contributed by atoms with van der Waals surface area (Å²) in [4.78, 5) is 24.2. The maximum Gasteiger partial charge on any atom is 0.225 e. The van der Waals surface area contributed by atoms with Crippen LogP contribution < -0.4 is 16.0 Å². The fourth-order valence-corrected chi connectivity index (χ4v) is 3.55. The fourth-order valence-electron chi connectivity index (χ4n) is 3.55. The fraction of sp³-hybridized carbons (Fsp3) is 0.286. The Balaban J connectivity index is 1.31. The van der Waals surface area contributed by atoms with Crippen LogP contribution in [0.2, 0.25) is 0 Å². The molecule has 1 atom stereocenters. The number of H-pyrrole nitrogens is 1. The summed E-state index contributed by atoms with van der Waals surface area (Å²) < 4.78 is 0. The lowest BCUT2D eigenvalue weighted by Crippen LogP contribution is -2.41. The van der Waals surface area contributed by atoms with Crippen molar-refractivity contribution < 1.29 is 4.79 Å². The molecule has 2 heterocycles. The molecule has 0 aliphatic carbocycles. The first-order valence-corrected chi connectivity index (χ1v) is 9.50. The largest absolute Gasteiger partial charge is 0.356 e. The Bertz CT molecular complexity index is 976. The van der Waals surface area contributed by atoms with Gasteiger partial charge in [-0.25, -0.2) is 4.98 Å². The number of aliphatic imine (C=N–C) groups is 1. The molecule has 1 aliphatic heterocycles. The molecule has 0 spiro atoms. The first kappa shape index (κ1) is 18.0. The van der Waals surface area contributed by atoms with E-state index >= 15 is 0 Å². The highest BCUT2D eigenvalue weighted by Crippen LogP contribution is 2.31. The SMILES string of the molecule is CN=C(NCCc1nc2ccccc2[nH]1)NCC1CC(=O)Nc2ccccc21. The summed E-state index contributed by atoms with van der Waals surface area (Å²) >= 11 is 0. The minimum absolute atomic E-state index is 0.0540. The number of nitrogens with one attached hydrogen (secondary N) is 4. The van der Waals surface area contributed by atoms with Gasteiger partial charge in [0.15, 0.2) is 5.96 Å². The molecule has 3 aromatic rings. The quantitative estimate of drug-likeness (QED) is 0.406. The van der Waals surface area contributed by atoms with E-state index in [4.69, 9.17) is 0 Å². The van der Waals surface area contributed by atoms with E-state index in [1.54, 1.807) is 7.05 Å². The number of carbonyl (C=O) groups excluding carboxylic acids is 1. The van der Waals surface area contributed by atoms with Crippen molar-refractivity contribution in [2.45, 2.75) is 18.8 Å². The van der Waals surface area contributed by atoms with Gasteiger partial charge >= 0.3 is 0 Å². The van der Waals surface area contributed by atoms with Crippen molar-refractivity contribution in [2.24, 2.45) is 4.99 Å². The first-order valence-electron chi connectivity index (χ1n) is 9.50. The number of benzene rings is 2. The Kier molecular flexibility index (Phi) is 5.23. The molecule has 1 amide bonds. The number of aromatic amines is 1. The van der Waals surface area contributed by atoms with Crippen LogP contribution in [0.15, 0.2) is 53.5 Å². The van der Waals surface area contributed by atoms with E-state index in [1.807, 2.05) is 42.5 Å². The van der Waals surface area contributed by atoms with Crippen molar-refractivity contribution in [3.63, 3.8) is 0 Å². The lowest BCUT2D eigenvalue weighted by Gasteiger charge is -2.26. The smallest absolute Gasteiger partial charge is 0.225 e. The average molecular weight is 376 g/mol. The topological polar surface area (TPSA) is 94.2 Å². The minimum Gasteiger partial charge on any atom is -0.356 e. The number of rotatable bonds is 5. The number of hydrogen-bond donors (Lipinski definition) is 4. The number of imidazole rings is 1. The van der Waals surface area contributed by atoms with Gasteiger partial charge in [0.25, 0.3) is 0 Å². The minimum atomic E-state index is 0.0540. The molecule has 0 saturated carbocycles. The Hall–Kier alpha value is -3.35. The summed E-state index contributed by atoms with van der Waals surface area (Å²) in [5.41, 5.74) is 4.09. The molecular weight excluding hydrogens is 352 g/mol. The molecule has 0 bridgehead atoms. The van der Waals surface area contributed by atoms with E-state index in [9.17, 15) is 4.79 Å². The third-order valence-electron chi connectivity index (χ3n) is 4.94. The second-order valence-electron chi connectivity index (χ2n) is 6.87. The van der Waals surface area contributed by atoms with Crippen LogP contribution in [0.5, 0.6) is 0 Å². The van der Waals surface area contributed by atoms with Crippen LogP contribution in [0, 0.1) is 0 Å². The highest BCUT2D eigenvalue weighted by molar-refractivity contribution is 5.94. The molecule has 0 saturated heterocycles. The molecule has 0 radical (unpaired) electrons. The molecule has 4 N–H and O–H groups in total.